The van der Waals surface area contributed by atoms with Crippen molar-refractivity contribution in [3.8, 4) is 0 Å². The van der Waals surface area contributed by atoms with Gasteiger partial charge in [0.1, 0.15) is 5.82 Å². The summed E-state index contributed by atoms with van der Waals surface area (Å²) in [5.74, 6) is 0.110. The Kier molecular flexibility index (Phi) is 6.18. The molecule has 3 N–H and O–H groups in total. The quantitative estimate of drug-likeness (QED) is 0.714. The summed E-state index contributed by atoms with van der Waals surface area (Å²) in [5.41, 5.74) is 0.416. The maximum atomic E-state index is 12.2. The number of amides is 3. The summed E-state index contributed by atoms with van der Waals surface area (Å²) >= 11 is 0. The molecule has 1 saturated carbocycles. The molecule has 0 spiro atoms. The number of aromatic amines is 1. The molecular weight excluding hydrogens is 346 g/mol. The van der Waals surface area contributed by atoms with E-state index in [-0.39, 0.29) is 24.1 Å². The first-order valence-electron chi connectivity index (χ1n) is 9.36. The van der Waals surface area contributed by atoms with Crippen LogP contribution in [0.25, 0.3) is 10.9 Å². The molecule has 0 radical (unpaired) electrons. The summed E-state index contributed by atoms with van der Waals surface area (Å²) in [5, 5.41) is 5.74. The number of H-pyrrole nitrogens is 1. The third-order valence-electron chi connectivity index (χ3n) is 4.79. The van der Waals surface area contributed by atoms with Crippen LogP contribution >= 0.6 is 0 Å². The van der Waals surface area contributed by atoms with E-state index in [0.29, 0.717) is 29.8 Å². The van der Waals surface area contributed by atoms with Gasteiger partial charge < -0.3 is 10.3 Å². The zero-order valence-corrected chi connectivity index (χ0v) is 15.5. The SMILES string of the molecule is CCN(CC(=O)NC(=O)NC1CCCC1)Cc1nc2ccccc2c(=O)[nH]1. The highest BCUT2D eigenvalue weighted by molar-refractivity contribution is 5.95. The van der Waals surface area contributed by atoms with Crippen LogP contribution in [0.2, 0.25) is 0 Å². The fourth-order valence-electron chi connectivity index (χ4n) is 3.36. The van der Waals surface area contributed by atoms with Gasteiger partial charge in [0.2, 0.25) is 5.91 Å². The number of aromatic nitrogens is 2. The van der Waals surface area contributed by atoms with E-state index in [1.54, 1.807) is 18.2 Å². The second kappa shape index (κ2) is 8.77. The number of para-hydroxylation sites is 1. The number of urea groups is 1. The van der Waals surface area contributed by atoms with Gasteiger partial charge in [0, 0.05) is 6.04 Å². The number of benzene rings is 1. The van der Waals surface area contributed by atoms with Gasteiger partial charge in [0.25, 0.3) is 5.56 Å². The number of fused-ring (bicyclic) bond motifs is 1. The van der Waals surface area contributed by atoms with E-state index < -0.39 is 6.03 Å². The first-order valence-corrected chi connectivity index (χ1v) is 9.36. The molecule has 0 unspecified atom stereocenters. The Bertz CT molecular complexity index is 873. The van der Waals surface area contributed by atoms with E-state index in [9.17, 15) is 14.4 Å². The highest BCUT2D eigenvalue weighted by Crippen LogP contribution is 2.17. The average Bonchev–Trinajstić information content (AvgIpc) is 3.14. The van der Waals surface area contributed by atoms with Crippen molar-refractivity contribution >= 4 is 22.8 Å². The van der Waals surface area contributed by atoms with E-state index in [0.717, 1.165) is 25.7 Å². The lowest BCUT2D eigenvalue weighted by molar-refractivity contribution is -0.121. The molecule has 1 heterocycles. The van der Waals surface area contributed by atoms with Crippen molar-refractivity contribution in [2.75, 3.05) is 13.1 Å². The zero-order chi connectivity index (χ0) is 19.2. The smallest absolute Gasteiger partial charge is 0.321 e. The van der Waals surface area contributed by atoms with Gasteiger partial charge in [0.05, 0.1) is 24.0 Å². The topological polar surface area (TPSA) is 107 Å². The predicted molar refractivity (Wildman–Crippen MR) is 102 cm³/mol. The van der Waals surface area contributed by atoms with E-state index in [2.05, 4.69) is 20.6 Å². The first kappa shape index (κ1) is 19.0. The van der Waals surface area contributed by atoms with Crippen LogP contribution in [-0.4, -0.2) is 45.9 Å². The Balaban J connectivity index is 1.57. The molecule has 1 aromatic carbocycles. The molecule has 0 aliphatic heterocycles. The third kappa shape index (κ3) is 5.13. The van der Waals surface area contributed by atoms with Gasteiger partial charge in [-0.05, 0) is 31.5 Å². The Morgan fingerprint density at radius 1 is 1.26 bits per heavy atom. The number of hydrogen-bond acceptors (Lipinski definition) is 5. The van der Waals surface area contributed by atoms with E-state index in [1.165, 1.54) is 0 Å². The minimum Gasteiger partial charge on any atom is -0.335 e. The monoisotopic (exact) mass is 371 g/mol. The number of carbonyl (C=O) groups is 2. The van der Waals surface area contributed by atoms with Crippen molar-refractivity contribution in [2.45, 2.75) is 45.2 Å². The number of carbonyl (C=O) groups excluding carboxylic acids is 2. The normalized spacial score (nSPS) is 14.6. The largest absolute Gasteiger partial charge is 0.335 e. The van der Waals surface area contributed by atoms with E-state index >= 15 is 0 Å². The fraction of sp³-hybridized carbons (Fsp3) is 0.474. The lowest BCUT2D eigenvalue weighted by Gasteiger charge is -2.19. The van der Waals surface area contributed by atoms with E-state index in [4.69, 9.17) is 0 Å². The van der Waals surface area contributed by atoms with Gasteiger partial charge in [0.15, 0.2) is 0 Å². The summed E-state index contributed by atoms with van der Waals surface area (Å²) in [6, 6.07) is 6.83. The third-order valence-corrected chi connectivity index (χ3v) is 4.79. The summed E-state index contributed by atoms with van der Waals surface area (Å²) in [6.07, 6.45) is 4.15. The molecule has 1 aromatic heterocycles. The molecule has 8 nitrogen and oxygen atoms in total. The first-order chi connectivity index (χ1) is 13.0. The standard InChI is InChI=1S/C19H25N5O3/c1-2-24(12-17(25)23-19(27)20-13-7-3-4-8-13)11-16-21-15-10-6-5-9-14(15)18(26)22-16/h5-6,9-10,13H,2-4,7-8,11-12H2,1H3,(H,21,22,26)(H2,20,23,25,27). The van der Waals surface area contributed by atoms with Crippen LogP contribution in [-0.2, 0) is 11.3 Å². The van der Waals surface area contributed by atoms with Crippen LogP contribution in [0.15, 0.2) is 29.1 Å². The highest BCUT2D eigenvalue weighted by Gasteiger charge is 2.19. The average molecular weight is 371 g/mol. The van der Waals surface area contributed by atoms with Gasteiger partial charge in [-0.3, -0.25) is 19.8 Å². The number of rotatable bonds is 6. The van der Waals surface area contributed by atoms with Crippen LogP contribution < -0.4 is 16.2 Å². The van der Waals surface area contributed by atoms with Crippen LogP contribution in [0.3, 0.4) is 0 Å². The predicted octanol–water partition coefficient (Wildman–Crippen LogP) is 1.51. The van der Waals surface area contributed by atoms with Gasteiger partial charge >= 0.3 is 6.03 Å². The molecule has 0 bridgehead atoms. The van der Waals surface area contributed by atoms with Crippen molar-refractivity contribution < 1.29 is 9.59 Å². The molecule has 27 heavy (non-hydrogen) atoms. The molecule has 0 atom stereocenters. The lowest BCUT2D eigenvalue weighted by Crippen LogP contribution is -2.47. The van der Waals surface area contributed by atoms with Crippen LogP contribution in [0.5, 0.6) is 0 Å². The van der Waals surface area contributed by atoms with Crippen molar-refractivity contribution in [3.63, 3.8) is 0 Å². The summed E-state index contributed by atoms with van der Waals surface area (Å²) < 4.78 is 0. The Hall–Kier alpha value is -2.74. The van der Waals surface area contributed by atoms with Crippen LogP contribution in [0.4, 0.5) is 4.79 Å². The maximum Gasteiger partial charge on any atom is 0.321 e. The molecule has 3 amide bonds. The maximum absolute atomic E-state index is 12.2. The van der Waals surface area contributed by atoms with Crippen molar-refractivity contribution in [3.05, 3.63) is 40.4 Å². The highest BCUT2D eigenvalue weighted by atomic mass is 16.2. The van der Waals surface area contributed by atoms with Crippen LogP contribution in [0.1, 0.15) is 38.4 Å². The molecule has 1 aliphatic carbocycles. The fourth-order valence-corrected chi connectivity index (χ4v) is 3.36. The second-order valence-corrected chi connectivity index (χ2v) is 6.84. The molecule has 3 rings (SSSR count). The summed E-state index contributed by atoms with van der Waals surface area (Å²) in [7, 11) is 0. The number of likely N-dealkylation sites (N-methyl/N-ethyl adjacent to an activating group) is 1. The van der Waals surface area contributed by atoms with Gasteiger partial charge in [-0.25, -0.2) is 9.78 Å². The van der Waals surface area contributed by atoms with Crippen molar-refractivity contribution in [1.29, 1.82) is 0 Å². The van der Waals surface area contributed by atoms with Crippen molar-refractivity contribution in [2.24, 2.45) is 0 Å². The lowest BCUT2D eigenvalue weighted by atomic mass is 10.2. The van der Waals surface area contributed by atoms with Crippen molar-refractivity contribution in [1.82, 2.24) is 25.5 Å². The number of nitrogens with zero attached hydrogens (tertiary/aromatic N) is 2. The molecule has 0 saturated heterocycles. The molecule has 8 heteroatoms. The molecule has 2 aromatic rings. The Labute approximate surface area is 157 Å². The van der Waals surface area contributed by atoms with Gasteiger partial charge in [-0.2, -0.15) is 0 Å². The Morgan fingerprint density at radius 3 is 2.74 bits per heavy atom. The number of hydrogen-bond donors (Lipinski definition) is 3. The molecule has 144 valence electrons. The number of imide groups is 1. The number of nitrogens with one attached hydrogen (secondary N) is 3. The molecular formula is C19H25N5O3. The Morgan fingerprint density at radius 2 is 2.00 bits per heavy atom. The van der Waals surface area contributed by atoms with Gasteiger partial charge in [-0.15, -0.1) is 0 Å². The van der Waals surface area contributed by atoms with E-state index in [1.807, 2.05) is 17.9 Å². The van der Waals surface area contributed by atoms with Gasteiger partial charge in [-0.1, -0.05) is 31.9 Å². The summed E-state index contributed by atoms with van der Waals surface area (Å²) in [4.78, 5) is 45.2. The molecule has 1 aliphatic rings. The molecule has 1 fully saturated rings. The minimum absolute atomic E-state index is 0.0467. The summed E-state index contributed by atoms with van der Waals surface area (Å²) in [6.45, 7) is 2.85. The van der Waals surface area contributed by atoms with Crippen LogP contribution in [0, 0.1) is 0 Å². The zero-order valence-electron chi connectivity index (χ0n) is 15.5. The second-order valence-electron chi connectivity index (χ2n) is 6.84. The minimum atomic E-state index is -0.444.